The van der Waals surface area contributed by atoms with Gasteiger partial charge in [-0.25, -0.2) is 8.78 Å². The first-order valence-corrected chi connectivity index (χ1v) is 5.43. The van der Waals surface area contributed by atoms with Gasteiger partial charge in [0.25, 0.3) is 0 Å². The highest BCUT2D eigenvalue weighted by molar-refractivity contribution is 5.19. The van der Waals surface area contributed by atoms with E-state index >= 15 is 0 Å². The van der Waals surface area contributed by atoms with E-state index in [0.717, 1.165) is 6.07 Å². The molecule has 5 heteroatoms. The zero-order valence-corrected chi connectivity index (χ0v) is 10.0. The van der Waals surface area contributed by atoms with Crippen LogP contribution in [0.3, 0.4) is 0 Å². The number of hydrogen-bond donors (Lipinski definition) is 2. The minimum atomic E-state index is -0.574. The lowest BCUT2D eigenvalue weighted by Crippen LogP contribution is -2.47. The molecular weight excluding hydrogens is 226 g/mol. The van der Waals surface area contributed by atoms with E-state index in [9.17, 15) is 8.78 Å². The van der Waals surface area contributed by atoms with Gasteiger partial charge in [-0.05, 0) is 31.2 Å². The van der Waals surface area contributed by atoms with Crippen molar-refractivity contribution in [2.45, 2.75) is 18.5 Å². The Hall–Kier alpha value is -1.04. The molecule has 96 valence electrons. The van der Waals surface area contributed by atoms with E-state index in [1.165, 1.54) is 12.1 Å². The van der Waals surface area contributed by atoms with Crippen molar-refractivity contribution in [2.24, 2.45) is 5.73 Å². The molecule has 0 amide bonds. The summed E-state index contributed by atoms with van der Waals surface area (Å²) in [5.74, 6) is -1.15. The molecule has 0 bridgehead atoms. The first-order chi connectivity index (χ1) is 8.06. The van der Waals surface area contributed by atoms with E-state index in [4.69, 9.17) is 10.5 Å². The largest absolute Gasteiger partial charge is 0.383 e. The van der Waals surface area contributed by atoms with Crippen LogP contribution in [0.25, 0.3) is 0 Å². The van der Waals surface area contributed by atoms with Gasteiger partial charge in [-0.2, -0.15) is 0 Å². The second-order valence-electron chi connectivity index (χ2n) is 4.00. The molecule has 0 radical (unpaired) electrons. The number of hydrogen-bond acceptors (Lipinski definition) is 3. The molecule has 0 saturated carbocycles. The van der Waals surface area contributed by atoms with Crippen molar-refractivity contribution in [3.05, 3.63) is 35.4 Å². The summed E-state index contributed by atoms with van der Waals surface area (Å²) in [6.07, 6.45) is 0.454. The summed E-state index contributed by atoms with van der Waals surface area (Å²) in [4.78, 5) is 0. The van der Waals surface area contributed by atoms with Crippen molar-refractivity contribution in [1.82, 2.24) is 5.32 Å². The monoisotopic (exact) mass is 244 g/mol. The topological polar surface area (TPSA) is 47.3 Å². The zero-order valence-electron chi connectivity index (χ0n) is 10.0. The van der Waals surface area contributed by atoms with E-state index in [2.05, 4.69) is 5.32 Å². The predicted molar refractivity (Wildman–Crippen MR) is 62.8 cm³/mol. The summed E-state index contributed by atoms with van der Waals surface area (Å²) in [5.41, 5.74) is 6.47. The predicted octanol–water partition coefficient (Wildman–Crippen LogP) is 1.07. The minimum Gasteiger partial charge on any atom is -0.383 e. The summed E-state index contributed by atoms with van der Waals surface area (Å²) in [5, 5.41) is 3.02. The molecule has 0 aliphatic carbocycles. The Kier molecular flexibility index (Phi) is 5.47. The Morgan fingerprint density at radius 1 is 1.29 bits per heavy atom. The molecule has 1 unspecified atom stereocenters. The van der Waals surface area contributed by atoms with Gasteiger partial charge in [0.1, 0.15) is 11.6 Å². The molecule has 2 atom stereocenters. The van der Waals surface area contributed by atoms with Crippen LogP contribution in [0.15, 0.2) is 18.2 Å². The Labute approximate surface area is 100.0 Å². The highest BCUT2D eigenvalue weighted by Gasteiger charge is 2.16. The van der Waals surface area contributed by atoms with Crippen molar-refractivity contribution in [3.63, 3.8) is 0 Å². The first kappa shape index (κ1) is 14.0. The van der Waals surface area contributed by atoms with Crippen LogP contribution in [0.5, 0.6) is 0 Å². The number of nitrogens with one attached hydrogen (secondary N) is 1. The number of nitrogens with two attached hydrogens (primary N) is 1. The van der Waals surface area contributed by atoms with Gasteiger partial charge >= 0.3 is 0 Å². The number of halogens is 2. The fraction of sp³-hybridized carbons (Fsp3) is 0.500. The van der Waals surface area contributed by atoms with Gasteiger partial charge in [0.15, 0.2) is 0 Å². The fourth-order valence-electron chi connectivity index (χ4n) is 1.76. The Bertz CT molecular complexity index is 340. The number of ether oxygens (including phenoxy) is 1. The first-order valence-electron chi connectivity index (χ1n) is 5.43. The fourth-order valence-corrected chi connectivity index (χ4v) is 1.76. The zero-order chi connectivity index (χ0) is 12.8. The molecule has 0 fully saturated rings. The molecule has 0 spiro atoms. The van der Waals surface area contributed by atoms with E-state index in [-0.39, 0.29) is 12.1 Å². The molecule has 1 aromatic rings. The van der Waals surface area contributed by atoms with Crippen LogP contribution in [-0.4, -0.2) is 32.8 Å². The van der Waals surface area contributed by atoms with Crippen LogP contribution in [-0.2, 0) is 11.2 Å². The van der Waals surface area contributed by atoms with Crippen molar-refractivity contribution in [1.29, 1.82) is 0 Å². The standard InChI is InChI=1S/C12H18F2N2O/c1-16-12(11(15)7-17-2)5-8-3-9(13)6-10(14)4-8/h3-4,6,11-12,16H,5,7,15H2,1-2H3/t11?,12-/m0/s1. The molecule has 3 N–H and O–H groups in total. The van der Waals surface area contributed by atoms with Crippen LogP contribution in [0.2, 0.25) is 0 Å². The van der Waals surface area contributed by atoms with Crippen LogP contribution in [0, 0.1) is 11.6 Å². The SMILES string of the molecule is CN[C@@H](Cc1cc(F)cc(F)c1)C(N)COC. The molecule has 17 heavy (non-hydrogen) atoms. The molecular formula is C12H18F2N2O. The van der Waals surface area contributed by atoms with Gasteiger partial charge in [0.05, 0.1) is 6.61 Å². The number of likely N-dealkylation sites (N-methyl/N-ethyl adjacent to an activating group) is 1. The van der Waals surface area contributed by atoms with Crippen LogP contribution in [0.4, 0.5) is 8.78 Å². The van der Waals surface area contributed by atoms with Gasteiger partial charge < -0.3 is 15.8 Å². The molecule has 0 aliphatic heterocycles. The summed E-state index contributed by atoms with van der Waals surface area (Å²) in [6, 6.07) is 3.17. The third-order valence-electron chi connectivity index (χ3n) is 2.62. The molecule has 3 nitrogen and oxygen atoms in total. The normalized spacial score (nSPS) is 14.6. The van der Waals surface area contributed by atoms with Gasteiger partial charge in [0, 0.05) is 25.3 Å². The van der Waals surface area contributed by atoms with Crippen molar-refractivity contribution in [3.8, 4) is 0 Å². The molecule has 0 heterocycles. The van der Waals surface area contributed by atoms with E-state index < -0.39 is 11.6 Å². The Morgan fingerprint density at radius 3 is 2.35 bits per heavy atom. The molecule has 1 rings (SSSR count). The maximum atomic E-state index is 13.0. The summed E-state index contributed by atoms with van der Waals surface area (Å²) < 4.78 is 31.0. The van der Waals surface area contributed by atoms with Crippen LogP contribution >= 0.6 is 0 Å². The van der Waals surface area contributed by atoms with Crippen molar-refractivity contribution < 1.29 is 13.5 Å². The minimum absolute atomic E-state index is 0.0869. The molecule has 0 aromatic heterocycles. The van der Waals surface area contributed by atoms with Crippen LogP contribution in [0.1, 0.15) is 5.56 Å². The van der Waals surface area contributed by atoms with E-state index in [1.54, 1.807) is 14.2 Å². The second-order valence-corrected chi connectivity index (χ2v) is 4.00. The number of methoxy groups -OCH3 is 1. The smallest absolute Gasteiger partial charge is 0.126 e. The van der Waals surface area contributed by atoms with Crippen molar-refractivity contribution >= 4 is 0 Å². The Balaban J connectivity index is 2.73. The highest BCUT2D eigenvalue weighted by atomic mass is 19.1. The lowest BCUT2D eigenvalue weighted by Gasteiger charge is -2.23. The number of rotatable bonds is 6. The van der Waals surface area contributed by atoms with Crippen LogP contribution < -0.4 is 11.1 Å². The average molecular weight is 244 g/mol. The molecule has 0 saturated heterocycles. The average Bonchev–Trinajstić information content (AvgIpc) is 2.24. The summed E-state index contributed by atoms with van der Waals surface area (Å²) in [6.45, 7) is 0.392. The third kappa shape index (κ3) is 4.38. The maximum absolute atomic E-state index is 13.0. The van der Waals surface area contributed by atoms with Gasteiger partial charge in [-0.15, -0.1) is 0 Å². The highest BCUT2D eigenvalue weighted by Crippen LogP contribution is 2.11. The molecule has 0 aliphatic rings. The van der Waals surface area contributed by atoms with Gasteiger partial charge in [-0.1, -0.05) is 0 Å². The van der Waals surface area contributed by atoms with Gasteiger partial charge in [0.2, 0.25) is 0 Å². The van der Waals surface area contributed by atoms with E-state index in [0.29, 0.717) is 18.6 Å². The second kappa shape index (κ2) is 6.64. The summed E-state index contributed by atoms with van der Waals surface area (Å²) >= 11 is 0. The van der Waals surface area contributed by atoms with Gasteiger partial charge in [-0.3, -0.25) is 0 Å². The maximum Gasteiger partial charge on any atom is 0.126 e. The van der Waals surface area contributed by atoms with Crippen molar-refractivity contribution in [2.75, 3.05) is 20.8 Å². The molecule has 1 aromatic carbocycles. The Morgan fingerprint density at radius 2 is 1.88 bits per heavy atom. The summed E-state index contributed by atoms with van der Waals surface area (Å²) in [7, 11) is 3.32. The lowest BCUT2D eigenvalue weighted by molar-refractivity contribution is 0.165. The quantitative estimate of drug-likeness (QED) is 0.787. The third-order valence-corrected chi connectivity index (χ3v) is 2.62. The lowest BCUT2D eigenvalue weighted by atomic mass is 10.0. The van der Waals surface area contributed by atoms with E-state index in [1.807, 2.05) is 0 Å². The number of benzene rings is 1.